The third kappa shape index (κ3) is 5.65. The van der Waals surface area contributed by atoms with E-state index in [4.69, 9.17) is 4.74 Å². The number of hydrogen-bond donors (Lipinski definition) is 1. The number of ether oxygens (including phenoxy) is 1. The van der Waals surface area contributed by atoms with Crippen molar-refractivity contribution in [3.8, 4) is 0 Å². The summed E-state index contributed by atoms with van der Waals surface area (Å²) in [6, 6.07) is -0.629. The van der Waals surface area contributed by atoms with E-state index in [9.17, 15) is 19.5 Å². The second kappa shape index (κ2) is 11.9. The molecule has 5 atom stereocenters. The zero-order chi connectivity index (χ0) is 27.4. The van der Waals surface area contributed by atoms with Gasteiger partial charge in [0.2, 0.25) is 11.8 Å². The smallest absolute Gasteiger partial charge is 0.311 e. The van der Waals surface area contributed by atoms with E-state index in [0.29, 0.717) is 32.5 Å². The van der Waals surface area contributed by atoms with E-state index >= 15 is 0 Å². The Kier molecular flexibility index (Phi) is 9.60. The van der Waals surface area contributed by atoms with Crippen LogP contribution >= 0.6 is 11.8 Å². The first-order valence-corrected chi connectivity index (χ1v) is 14.6. The minimum Gasteiger partial charge on any atom is -0.465 e. The number of esters is 1. The molecular weight excluding hydrogens is 488 g/mol. The molecule has 2 bridgehead atoms. The van der Waals surface area contributed by atoms with Gasteiger partial charge < -0.3 is 19.6 Å². The molecule has 0 aliphatic carbocycles. The summed E-state index contributed by atoms with van der Waals surface area (Å²) in [4.78, 5) is 45.5. The third-order valence-corrected chi connectivity index (χ3v) is 10.2. The molecule has 0 radical (unpaired) electrons. The van der Waals surface area contributed by atoms with Gasteiger partial charge >= 0.3 is 5.97 Å². The zero-order valence-electron chi connectivity index (χ0n) is 23.2. The van der Waals surface area contributed by atoms with Gasteiger partial charge in [-0.1, -0.05) is 12.2 Å². The topological polar surface area (TPSA) is 87.1 Å². The van der Waals surface area contributed by atoms with Gasteiger partial charge in [0.15, 0.2) is 0 Å². The quantitative estimate of drug-likeness (QED) is 0.203. The fourth-order valence-corrected chi connectivity index (χ4v) is 8.84. The molecule has 37 heavy (non-hydrogen) atoms. The Hall–Kier alpha value is -1.80. The van der Waals surface area contributed by atoms with Crippen molar-refractivity contribution in [1.82, 2.24) is 9.80 Å². The van der Waals surface area contributed by atoms with Crippen molar-refractivity contribution in [2.45, 2.75) is 100 Å². The van der Waals surface area contributed by atoms with E-state index in [-0.39, 0.29) is 24.4 Å². The number of hydrogen-bond acceptors (Lipinski definition) is 6. The number of rotatable bonds is 14. The lowest BCUT2D eigenvalue weighted by Gasteiger charge is -2.42. The lowest BCUT2D eigenvalue weighted by atomic mass is 9.66. The molecule has 0 aromatic rings. The average Bonchev–Trinajstić information content (AvgIpc) is 3.39. The highest BCUT2D eigenvalue weighted by atomic mass is 32.2. The van der Waals surface area contributed by atoms with Crippen molar-refractivity contribution >= 4 is 29.5 Å². The summed E-state index contributed by atoms with van der Waals surface area (Å²) >= 11 is 1.68. The summed E-state index contributed by atoms with van der Waals surface area (Å²) in [6.45, 7) is 16.9. The van der Waals surface area contributed by atoms with Crippen LogP contribution in [0.5, 0.6) is 0 Å². The number of amides is 2. The number of carbonyl (C=O) groups excluding carboxylic acids is 3. The third-order valence-electron chi connectivity index (χ3n) is 8.26. The van der Waals surface area contributed by atoms with Crippen LogP contribution in [0.1, 0.15) is 79.1 Å². The highest BCUT2D eigenvalue weighted by Crippen LogP contribution is 2.71. The summed E-state index contributed by atoms with van der Waals surface area (Å²) in [6.07, 6.45) is 9.77. The van der Waals surface area contributed by atoms with E-state index in [1.807, 2.05) is 31.7 Å². The van der Waals surface area contributed by atoms with Gasteiger partial charge in [0, 0.05) is 30.0 Å². The average molecular weight is 535 g/mol. The van der Waals surface area contributed by atoms with Crippen molar-refractivity contribution < 1.29 is 24.2 Å². The maximum absolute atomic E-state index is 14.3. The fraction of sp³-hybridized carbons (Fsp3) is 0.759. The normalized spacial score (nSPS) is 30.4. The number of allylic oxidation sites excluding steroid dienone is 1. The first-order valence-electron chi connectivity index (χ1n) is 13.8. The van der Waals surface area contributed by atoms with Crippen LogP contribution in [0.15, 0.2) is 25.3 Å². The van der Waals surface area contributed by atoms with E-state index in [2.05, 4.69) is 20.1 Å². The first-order chi connectivity index (χ1) is 17.5. The Labute approximate surface area is 227 Å². The summed E-state index contributed by atoms with van der Waals surface area (Å²) in [7, 11) is 0. The van der Waals surface area contributed by atoms with Gasteiger partial charge in [-0.3, -0.25) is 14.4 Å². The van der Waals surface area contributed by atoms with Crippen molar-refractivity contribution in [1.29, 1.82) is 0 Å². The number of fused-ring (bicyclic) bond motifs is 1. The molecule has 0 aromatic carbocycles. The molecule has 2 unspecified atom stereocenters. The largest absolute Gasteiger partial charge is 0.465 e. The Morgan fingerprint density at radius 3 is 2.51 bits per heavy atom. The molecule has 8 heteroatoms. The van der Waals surface area contributed by atoms with Crippen LogP contribution in [0.2, 0.25) is 0 Å². The van der Waals surface area contributed by atoms with Crippen LogP contribution in [0, 0.1) is 11.8 Å². The molecule has 3 aliphatic rings. The Bertz CT molecular complexity index is 886. The second-order valence-corrected chi connectivity index (χ2v) is 13.8. The molecule has 2 amide bonds. The Balaban J connectivity index is 1.94. The standard InChI is InChI=1S/C29H46N2O5S/c1-7-9-10-14-20-36-26(35)22-21-24(33)30(18-12-11-13-19-32)23(29(21)16-15-28(22,6)37-29)25(34)31(17-8-2)27(3,4)5/h7-8,21-23,32H,1-2,9-20H2,3-6H3/t21-,22-,23?,28+,29?/m0/s1. The van der Waals surface area contributed by atoms with E-state index < -0.39 is 32.9 Å². The van der Waals surface area contributed by atoms with Crippen LogP contribution in [-0.2, 0) is 19.1 Å². The van der Waals surface area contributed by atoms with Gasteiger partial charge in [0.25, 0.3) is 0 Å². The molecule has 3 fully saturated rings. The molecule has 0 saturated carbocycles. The number of nitrogens with zero attached hydrogens (tertiary/aromatic N) is 2. The Morgan fingerprint density at radius 2 is 1.89 bits per heavy atom. The molecule has 3 heterocycles. The predicted molar refractivity (Wildman–Crippen MR) is 148 cm³/mol. The molecule has 208 valence electrons. The van der Waals surface area contributed by atoms with Crippen LogP contribution < -0.4 is 0 Å². The van der Waals surface area contributed by atoms with Crippen molar-refractivity contribution in [3.63, 3.8) is 0 Å². The van der Waals surface area contributed by atoms with E-state index in [0.717, 1.165) is 38.5 Å². The molecular formula is C29H46N2O5S. The van der Waals surface area contributed by atoms with Crippen molar-refractivity contribution in [3.05, 3.63) is 25.3 Å². The highest BCUT2D eigenvalue weighted by molar-refractivity contribution is 8.02. The van der Waals surface area contributed by atoms with Gasteiger partial charge in [-0.2, -0.15) is 0 Å². The molecule has 3 aliphatic heterocycles. The molecule has 0 aromatic heterocycles. The lowest BCUT2D eigenvalue weighted by molar-refractivity contribution is -0.155. The Morgan fingerprint density at radius 1 is 1.16 bits per heavy atom. The van der Waals surface area contributed by atoms with Gasteiger partial charge in [0.1, 0.15) is 6.04 Å². The molecule has 3 rings (SSSR count). The summed E-state index contributed by atoms with van der Waals surface area (Å²) in [5.41, 5.74) is -0.444. The molecule has 1 spiro atoms. The predicted octanol–water partition coefficient (Wildman–Crippen LogP) is 4.34. The SMILES string of the molecule is C=CCCCCOC(=O)[C@@H]1[C@H]2C(=O)N(CCCCCO)C(C(=O)N(CC=C)C(C)(C)C)C23CC[C@@]1(C)S3. The second-order valence-electron chi connectivity index (χ2n) is 11.9. The summed E-state index contributed by atoms with van der Waals surface area (Å²) in [5, 5.41) is 9.22. The van der Waals surface area contributed by atoms with Crippen molar-refractivity contribution in [2.75, 3.05) is 26.3 Å². The fourth-order valence-electron chi connectivity index (χ4n) is 6.50. The lowest BCUT2D eigenvalue weighted by Crippen LogP contribution is -2.58. The minimum atomic E-state index is -0.642. The van der Waals surface area contributed by atoms with Gasteiger partial charge in [-0.25, -0.2) is 0 Å². The number of thioether (sulfide) groups is 1. The zero-order valence-corrected chi connectivity index (χ0v) is 24.0. The number of carbonyl (C=O) groups is 3. The van der Waals surface area contributed by atoms with E-state index in [1.165, 1.54) is 0 Å². The number of aliphatic hydroxyl groups excluding tert-OH is 1. The summed E-state index contributed by atoms with van der Waals surface area (Å²) in [5.74, 6) is -1.59. The van der Waals surface area contributed by atoms with Crippen LogP contribution in [0.4, 0.5) is 0 Å². The number of unbranched alkanes of at least 4 members (excludes halogenated alkanes) is 4. The minimum absolute atomic E-state index is 0.0689. The van der Waals surface area contributed by atoms with Crippen LogP contribution in [0.25, 0.3) is 0 Å². The van der Waals surface area contributed by atoms with Crippen LogP contribution in [0.3, 0.4) is 0 Å². The van der Waals surface area contributed by atoms with Gasteiger partial charge in [0.05, 0.1) is 23.2 Å². The van der Waals surface area contributed by atoms with E-state index in [1.54, 1.807) is 22.7 Å². The number of aliphatic hydroxyl groups is 1. The highest BCUT2D eigenvalue weighted by Gasteiger charge is 2.77. The maximum atomic E-state index is 14.3. The van der Waals surface area contributed by atoms with Gasteiger partial charge in [-0.15, -0.1) is 24.9 Å². The van der Waals surface area contributed by atoms with Crippen molar-refractivity contribution in [2.24, 2.45) is 11.8 Å². The molecule has 7 nitrogen and oxygen atoms in total. The first kappa shape index (κ1) is 29.8. The molecule has 3 saturated heterocycles. The molecule has 1 N–H and O–H groups in total. The monoisotopic (exact) mass is 534 g/mol. The van der Waals surface area contributed by atoms with Gasteiger partial charge in [-0.05, 0) is 79.1 Å². The summed E-state index contributed by atoms with van der Waals surface area (Å²) < 4.78 is 4.67. The number of likely N-dealkylation sites (tertiary alicyclic amines) is 1. The maximum Gasteiger partial charge on any atom is 0.311 e. The van der Waals surface area contributed by atoms with Crippen LogP contribution in [-0.4, -0.2) is 80.1 Å².